The quantitative estimate of drug-likeness (QED) is 0.146. The van der Waals surface area contributed by atoms with Gasteiger partial charge in [-0.2, -0.15) is 0 Å². The average Bonchev–Trinajstić information content (AvgIpc) is 3.85. The number of hydrogen-bond acceptors (Lipinski definition) is 0. The van der Waals surface area contributed by atoms with Gasteiger partial charge in [0, 0.05) is 11.3 Å². The summed E-state index contributed by atoms with van der Waals surface area (Å²) in [6.07, 6.45) is 3.25. The lowest BCUT2D eigenvalue weighted by Gasteiger charge is -2.42. The van der Waals surface area contributed by atoms with Gasteiger partial charge in [-0.1, -0.05) is 236 Å². The van der Waals surface area contributed by atoms with E-state index in [0.717, 1.165) is 6.42 Å². The lowest BCUT2D eigenvalue weighted by atomic mass is 9.37. The van der Waals surface area contributed by atoms with Gasteiger partial charge in [-0.25, -0.2) is 0 Å². The molecule has 3 aliphatic carbocycles. The summed E-state index contributed by atoms with van der Waals surface area (Å²) in [4.78, 5) is 0. The smallest absolute Gasteiger partial charge is 0.0774 e. The minimum absolute atomic E-state index is 0.108. The van der Waals surface area contributed by atoms with Crippen LogP contribution in [-0.4, -0.2) is 6.71 Å². The maximum Gasteiger partial charge on any atom is 0.207 e. The van der Waals surface area contributed by atoms with Crippen molar-refractivity contribution in [1.82, 2.24) is 0 Å². The summed E-state index contributed by atoms with van der Waals surface area (Å²) in [5.41, 5.74) is 35.9. The van der Waals surface area contributed by atoms with Gasteiger partial charge in [-0.15, -0.1) is 0 Å². The van der Waals surface area contributed by atoms with Crippen molar-refractivity contribution in [2.75, 3.05) is 0 Å². The molecule has 0 nitrogen and oxygen atoms in total. The fourth-order valence-corrected chi connectivity index (χ4v) is 15.9. The van der Waals surface area contributed by atoms with Crippen LogP contribution in [0.25, 0.3) is 44.5 Å². The van der Waals surface area contributed by atoms with Gasteiger partial charge in [0.2, 0.25) is 6.71 Å². The molecule has 1 heteroatoms. The summed E-state index contributed by atoms with van der Waals surface area (Å²) in [6, 6.07) is 67.0. The molecule has 9 aromatic carbocycles. The van der Waals surface area contributed by atoms with E-state index in [2.05, 4.69) is 253 Å². The van der Waals surface area contributed by atoms with Crippen LogP contribution in [0.3, 0.4) is 0 Å². The highest BCUT2D eigenvalue weighted by molar-refractivity contribution is 6.86. The molecule has 0 amide bonds. The van der Waals surface area contributed by atoms with Crippen molar-refractivity contribution in [3.8, 4) is 44.5 Å². The Morgan fingerprint density at radius 2 is 1.01 bits per heavy atom. The van der Waals surface area contributed by atoms with Gasteiger partial charge in [0.25, 0.3) is 0 Å². The van der Waals surface area contributed by atoms with Crippen LogP contribution in [0.1, 0.15) is 156 Å². The highest BCUT2D eigenvalue weighted by Gasteiger charge is 2.49. The summed E-state index contributed by atoms with van der Waals surface area (Å²) < 4.78 is 0. The van der Waals surface area contributed by atoms with Crippen molar-refractivity contribution in [2.45, 2.75) is 130 Å². The Bertz CT molecular complexity index is 3800. The van der Waals surface area contributed by atoms with Crippen LogP contribution in [0, 0.1) is 27.7 Å². The molecule has 0 spiro atoms. The molecule has 1 aliphatic heterocycles. The zero-order valence-corrected chi connectivity index (χ0v) is 46.4. The molecule has 0 radical (unpaired) electrons. The third-order valence-electron chi connectivity index (χ3n) is 19.5. The topological polar surface area (TPSA) is 0 Å². The third-order valence-corrected chi connectivity index (χ3v) is 19.5. The first kappa shape index (κ1) is 47.7. The monoisotopic (exact) mass is 971 g/mol. The molecule has 0 N–H and O–H groups in total. The van der Waals surface area contributed by atoms with Gasteiger partial charge in [0.05, 0.1) is 5.41 Å². The Hall–Kier alpha value is -6.96. The normalized spacial score (nSPS) is 17.0. The van der Waals surface area contributed by atoms with Crippen LogP contribution in [0.15, 0.2) is 170 Å². The average molecular weight is 971 g/mol. The molecule has 9 aromatic rings. The summed E-state index contributed by atoms with van der Waals surface area (Å²) in [7, 11) is 0. The van der Waals surface area contributed by atoms with Crippen LogP contribution in [0.2, 0.25) is 6.82 Å². The molecule has 13 rings (SSSR count). The van der Waals surface area contributed by atoms with Crippen LogP contribution in [0.4, 0.5) is 0 Å². The second-order valence-corrected chi connectivity index (χ2v) is 25.2. The van der Waals surface area contributed by atoms with Crippen molar-refractivity contribution in [2.24, 2.45) is 0 Å². The Kier molecular flexibility index (Phi) is 10.7. The van der Waals surface area contributed by atoms with Gasteiger partial charge in [0.15, 0.2) is 0 Å². The SMILES string of the molecule is CB1c2cccc(C3(c4ccccc4C)c4ccccc4-c4ccccc43)c2Cc2cc(-c3c(C)cc(C)cc3C)cc(-c3ccc4c(c3C(C)c3ccc5c(c3)C(C)(C)CCC5(C)C)C(C)(C)c3ccccc3-4)c21. The second kappa shape index (κ2) is 16.8. The molecular formula is C74H71B. The number of aryl methyl sites for hydroxylation is 4. The second-order valence-electron chi connectivity index (χ2n) is 25.2. The number of hydrogen-bond donors (Lipinski definition) is 0. The summed E-state index contributed by atoms with van der Waals surface area (Å²) in [5, 5.41) is 0. The molecule has 0 aromatic heterocycles. The van der Waals surface area contributed by atoms with E-state index in [-0.39, 0.29) is 28.9 Å². The van der Waals surface area contributed by atoms with Crippen LogP contribution >= 0.6 is 0 Å². The largest absolute Gasteiger partial charge is 0.207 e. The van der Waals surface area contributed by atoms with Gasteiger partial charge in [-0.3, -0.25) is 0 Å². The zero-order valence-electron chi connectivity index (χ0n) is 46.4. The van der Waals surface area contributed by atoms with E-state index >= 15 is 0 Å². The maximum absolute atomic E-state index is 2.63. The van der Waals surface area contributed by atoms with Crippen LogP contribution in [0.5, 0.6) is 0 Å². The van der Waals surface area contributed by atoms with Crippen molar-refractivity contribution < 1.29 is 0 Å². The van der Waals surface area contributed by atoms with Gasteiger partial charge in [-0.05, 0) is 192 Å². The third kappa shape index (κ3) is 6.81. The molecule has 0 saturated heterocycles. The molecular weight excluding hydrogens is 900 g/mol. The molecule has 4 aliphatic rings. The first-order valence-corrected chi connectivity index (χ1v) is 28.0. The fourth-order valence-electron chi connectivity index (χ4n) is 15.9. The van der Waals surface area contributed by atoms with Crippen molar-refractivity contribution in [1.29, 1.82) is 0 Å². The molecule has 370 valence electrons. The Labute approximate surface area is 448 Å². The lowest BCUT2D eigenvalue weighted by molar-refractivity contribution is 0.331. The van der Waals surface area contributed by atoms with E-state index in [9.17, 15) is 0 Å². The Balaban J connectivity index is 1.10. The predicted octanol–water partition coefficient (Wildman–Crippen LogP) is 17.6. The standard InChI is InChI=1S/C74H71B/c1-44-38-46(3)67(47(4)39-44)50-40-51-42-58-63(74(59-26-17-13-22-45(59)2)61-28-19-15-23-52(61)53-24-16-20-29-62(53)74)30-21-31-66(58)75(12)70(51)57(41-50)55-33-34-56-54-25-14-18-27-60(54)73(10,11)69(56)68(55)48(5)49-32-35-64-65(43-49)72(8,9)37-36-71(64,6)7/h13-35,38-41,43,48H,36-37,42H2,1-12H3. The van der Waals surface area contributed by atoms with Crippen LogP contribution < -0.4 is 10.9 Å². The molecule has 0 bridgehead atoms. The summed E-state index contributed by atoms with van der Waals surface area (Å²) in [5.74, 6) is 0.131. The van der Waals surface area contributed by atoms with Crippen molar-refractivity contribution in [3.63, 3.8) is 0 Å². The number of benzene rings is 9. The van der Waals surface area contributed by atoms with Crippen molar-refractivity contribution >= 4 is 17.6 Å². The predicted molar refractivity (Wildman–Crippen MR) is 321 cm³/mol. The highest BCUT2D eigenvalue weighted by Crippen LogP contribution is 2.59. The van der Waals surface area contributed by atoms with E-state index in [4.69, 9.17) is 0 Å². The molecule has 1 unspecified atom stereocenters. The van der Waals surface area contributed by atoms with E-state index in [1.807, 2.05) is 0 Å². The fraction of sp³-hybridized carbons (Fsp3) is 0.270. The lowest BCUT2D eigenvalue weighted by Crippen LogP contribution is -2.49. The van der Waals surface area contributed by atoms with E-state index in [1.165, 1.54) is 157 Å². The first-order chi connectivity index (χ1) is 35.9. The number of fused-ring (bicyclic) bond motifs is 9. The van der Waals surface area contributed by atoms with Gasteiger partial charge in [0.1, 0.15) is 0 Å². The highest BCUT2D eigenvalue weighted by atomic mass is 14.5. The minimum atomic E-state index is -0.493. The van der Waals surface area contributed by atoms with E-state index in [0.29, 0.717) is 0 Å². The van der Waals surface area contributed by atoms with E-state index < -0.39 is 5.41 Å². The molecule has 1 heterocycles. The summed E-state index contributed by atoms with van der Waals surface area (Å²) >= 11 is 0. The zero-order chi connectivity index (χ0) is 52.1. The Morgan fingerprint density at radius 3 is 1.67 bits per heavy atom. The maximum atomic E-state index is 2.63. The minimum Gasteiger partial charge on any atom is -0.0774 e. The van der Waals surface area contributed by atoms with Crippen LogP contribution in [-0.2, 0) is 28.1 Å². The molecule has 75 heavy (non-hydrogen) atoms. The van der Waals surface area contributed by atoms with Gasteiger partial charge >= 0.3 is 0 Å². The summed E-state index contributed by atoms with van der Waals surface area (Å²) in [6.45, 7) is 29.2. The number of rotatable bonds is 6. The molecule has 0 fully saturated rings. The van der Waals surface area contributed by atoms with Gasteiger partial charge < -0.3 is 0 Å². The first-order valence-electron chi connectivity index (χ1n) is 28.0. The van der Waals surface area contributed by atoms with E-state index in [1.54, 1.807) is 0 Å². The Morgan fingerprint density at radius 1 is 0.453 bits per heavy atom. The van der Waals surface area contributed by atoms with Crippen molar-refractivity contribution in [3.05, 3.63) is 259 Å². The molecule has 0 saturated carbocycles. The molecule has 1 atom stereocenters.